The van der Waals surface area contributed by atoms with Crippen LogP contribution in [0.3, 0.4) is 0 Å². The summed E-state index contributed by atoms with van der Waals surface area (Å²) in [5, 5.41) is 0. The van der Waals surface area contributed by atoms with Gasteiger partial charge in [-0.1, -0.05) is 24.3 Å². The van der Waals surface area contributed by atoms with Gasteiger partial charge in [-0.05, 0) is 23.6 Å². The van der Waals surface area contributed by atoms with Gasteiger partial charge in [0.05, 0.1) is 5.75 Å². The third kappa shape index (κ3) is 2.18. The Labute approximate surface area is 96.4 Å². The zero-order valence-electron chi connectivity index (χ0n) is 9.02. The Morgan fingerprint density at radius 3 is 3.06 bits per heavy atom. The first-order chi connectivity index (χ1) is 7.63. The largest absolute Gasteiger partial charge is 0.217 e. The Balaban J connectivity index is 2.23. The molecule has 1 aromatic rings. The monoisotopic (exact) mass is 236 g/mol. The molecule has 0 amide bonds. The summed E-state index contributed by atoms with van der Waals surface area (Å²) < 4.78 is 25.2. The summed E-state index contributed by atoms with van der Waals surface area (Å²) in [5.74, 6) is 0.0152. The maximum atomic E-state index is 11.8. The average Bonchev–Trinajstić information content (AvgIpc) is 2.28. The topological polar surface area (TPSA) is 37.4 Å². The molecule has 0 unspecified atom stereocenters. The second kappa shape index (κ2) is 4.39. The Morgan fingerprint density at radius 2 is 2.31 bits per heavy atom. The molecule has 4 heteroatoms. The lowest BCUT2D eigenvalue weighted by molar-refractivity contribution is 0.393. The summed E-state index contributed by atoms with van der Waals surface area (Å²) in [6.07, 6.45) is 2.20. The number of sulfonamides is 1. The first kappa shape index (κ1) is 11.4. The molecule has 1 heterocycles. The zero-order valence-corrected chi connectivity index (χ0v) is 9.83. The van der Waals surface area contributed by atoms with E-state index in [0.29, 0.717) is 13.1 Å². The summed E-state index contributed by atoms with van der Waals surface area (Å²) in [7, 11) is -3.17. The molecule has 1 radical (unpaired) electrons. The van der Waals surface area contributed by atoms with Crippen molar-refractivity contribution in [1.29, 1.82) is 0 Å². The SMILES string of the molecule is C=CCS(=O)(=O)N1CCc2c[c]ccc2C1. The summed E-state index contributed by atoms with van der Waals surface area (Å²) in [5.41, 5.74) is 2.28. The van der Waals surface area contributed by atoms with Crippen LogP contribution >= 0.6 is 0 Å². The van der Waals surface area contributed by atoms with Crippen LogP contribution in [0.4, 0.5) is 0 Å². The molecule has 0 spiro atoms. The second-order valence-corrected chi connectivity index (χ2v) is 5.86. The molecule has 0 N–H and O–H groups in total. The van der Waals surface area contributed by atoms with E-state index in [2.05, 4.69) is 12.6 Å². The van der Waals surface area contributed by atoms with Crippen LogP contribution in [0.5, 0.6) is 0 Å². The molecule has 0 saturated carbocycles. The van der Waals surface area contributed by atoms with Gasteiger partial charge in [-0.2, -0.15) is 4.31 Å². The number of hydrogen-bond acceptors (Lipinski definition) is 2. The summed E-state index contributed by atoms with van der Waals surface area (Å²) in [6.45, 7) is 4.50. The Kier molecular flexibility index (Phi) is 3.12. The number of rotatable bonds is 3. The van der Waals surface area contributed by atoms with Gasteiger partial charge in [-0.3, -0.25) is 0 Å². The van der Waals surface area contributed by atoms with Crippen LogP contribution in [0.25, 0.3) is 0 Å². The van der Waals surface area contributed by atoms with E-state index in [9.17, 15) is 8.42 Å². The first-order valence-electron chi connectivity index (χ1n) is 5.20. The second-order valence-electron chi connectivity index (χ2n) is 3.85. The predicted molar refractivity (Wildman–Crippen MR) is 63.4 cm³/mol. The summed E-state index contributed by atoms with van der Waals surface area (Å²) in [4.78, 5) is 0. The van der Waals surface area contributed by atoms with E-state index < -0.39 is 10.0 Å². The van der Waals surface area contributed by atoms with E-state index in [1.807, 2.05) is 18.2 Å². The molecule has 0 bridgehead atoms. The van der Waals surface area contributed by atoms with Crippen molar-refractivity contribution in [2.75, 3.05) is 12.3 Å². The number of hydrogen-bond donors (Lipinski definition) is 0. The molecule has 1 aliphatic rings. The van der Waals surface area contributed by atoms with Gasteiger partial charge in [-0.15, -0.1) is 6.58 Å². The van der Waals surface area contributed by atoms with Crippen molar-refractivity contribution < 1.29 is 8.42 Å². The number of benzene rings is 1. The van der Waals surface area contributed by atoms with Crippen LogP contribution < -0.4 is 0 Å². The van der Waals surface area contributed by atoms with Crippen molar-refractivity contribution in [2.24, 2.45) is 0 Å². The van der Waals surface area contributed by atoms with Gasteiger partial charge >= 0.3 is 0 Å². The Hall–Kier alpha value is -1.13. The van der Waals surface area contributed by atoms with Crippen molar-refractivity contribution >= 4 is 10.0 Å². The van der Waals surface area contributed by atoms with Crippen molar-refractivity contribution in [3.8, 4) is 0 Å². The molecule has 1 aliphatic heterocycles. The van der Waals surface area contributed by atoms with E-state index >= 15 is 0 Å². The van der Waals surface area contributed by atoms with Crippen LogP contribution in [0.15, 0.2) is 30.9 Å². The summed E-state index contributed by atoms with van der Waals surface area (Å²) >= 11 is 0. The highest BCUT2D eigenvalue weighted by Crippen LogP contribution is 2.20. The fourth-order valence-corrected chi connectivity index (χ4v) is 3.10. The molecule has 0 atom stereocenters. The number of fused-ring (bicyclic) bond motifs is 1. The molecule has 16 heavy (non-hydrogen) atoms. The third-order valence-electron chi connectivity index (χ3n) is 2.75. The lowest BCUT2D eigenvalue weighted by Crippen LogP contribution is -2.37. The van der Waals surface area contributed by atoms with E-state index in [0.717, 1.165) is 12.0 Å². The van der Waals surface area contributed by atoms with Crippen LogP contribution in [-0.4, -0.2) is 25.0 Å². The van der Waals surface area contributed by atoms with Gasteiger partial charge in [-0.25, -0.2) is 8.42 Å². The molecule has 1 aromatic carbocycles. The number of nitrogens with zero attached hydrogens (tertiary/aromatic N) is 1. The van der Waals surface area contributed by atoms with Crippen molar-refractivity contribution in [3.05, 3.63) is 48.0 Å². The fraction of sp³-hybridized carbons (Fsp3) is 0.333. The van der Waals surface area contributed by atoms with E-state index in [-0.39, 0.29) is 5.75 Å². The predicted octanol–water partition coefficient (Wildman–Crippen LogP) is 1.36. The normalized spacial score (nSPS) is 16.8. The average molecular weight is 236 g/mol. The quantitative estimate of drug-likeness (QED) is 0.743. The maximum Gasteiger partial charge on any atom is 0.217 e. The minimum atomic E-state index is -3.17. The van der Waals surface area contributed by atoms with Gasteiger partial charge in [0.2, 0.25) is 10.0 Å². The van der Waals surface area contributed by atoms with Gasteiger partial charge in [0.1, 0.15) is 0 Å². The molecule has 85 valence electrons. The molecule has 0 fully saturated rings. The highest BCUT2D eigenvalue weighted by molar-refractivity contribution is 7.89. The van der Waals surface area contributed by atoms with Gasteiger partial charge in [0, 0.05) is 13.1 Å². The molecule has 0 aromatic heterocycles. The van der Waals surface area contributed by atoms with Gasteiger partial charge < -0.3 is 0 Å². The lowest BCUT2D eigenvalue weighted by atomic mass is 10.0. The Morgan fingerprint density at radius 1 is 1.50 bits per heavy atom. The highest BCUT2D eigenvalue weighted by Gasteiger charge is 2.25. The lowest BCUT2D eigenvalue weighted by Gasteiger charge is -2.27. The van der Waals surface area contributed by atoms with Crippen molar-refractivity contribution in [2.45, 2.75) is 13.0 Å². The van der Waals surface area contributed by atoms with Crippen molar-refractivity contribution in [1.82, 2.24) is 4.31 Å². The van der Waals surface area contributed by atoms with E-state index in [1.54, 1.807) is 0 Å². The molecule has 0 saturated heterocycles. The molecule has 2 rings (SSSR count). The molecule has 3 nitrogen and oxygen atoms in total. The van der Waals surface area contributed by atoms with Gasteiger partial charge in [0.25, 0.3) is 0 Å². The molecular weight excluding hydrogens is 222 g/mol. The standard InChI is InChI=1S/C12H14NO2S/c1-2-9-16(14,15)13-8-7-11-5-3-4-6-12(11)10-13/h2,4-6H,1,7-10H2. The third-order valence-corrected chi connectivity index (χ3v) is 4.51. The fourth-order valence-electron chi connectivity index (χ4n) is 1.89. The zero-order chi connectivity index (χ0) is 11.6. The van der Waals surface area contributed by atoms with Crippen LogP contribution in [0, 0.1) is 6.07 Å². The van der Waals surface area contributed by atoms with Crippen molar-refractivity contribution in [3.63, 3.8) is 0 Å². The summed E-state index contributed by atoms with van der Waals surface area (Å²) in [6, 6.07) is 8.71. The first-order valence-corrected chi connectivity index (χ1v) is 6.81. The van der Waals surface area contributed by atoms with Crippen LogP contribution in [-0.2, 0) is 23.0 Å². The Bertz CT molecular complexity index is 493. The minimum absolute atomic E-state index is 0.0152. The van der Waals surface area contributed by atoms with Crippen LogP contribution in [0.2, 0.25) is 0 Å². The molecular formula is C12H14NO2S. The highest BCUT2D eigenvalue weighted by atomic mass is 32.2. The maximum absolute atomic E-state index is 11.8. The molecule has 0 aliphatic carbocycles. The smallest absolute Gasteiger partial charge is 0.212 e. The van der Waals surface area contributed by atoms with E-state index in [4.69, 9.17) is 0 Å². The minimum Gasteiger partial charge on any atom is -0.212 e. The van der Waals surface area contributed by atoms with Crippen LogP contribution in [0.1, 0.15) is 11.1 Å². The van der Waals surface area contributed by atoms with Gasteiger partial charge in [0.15, 0.2) is 0 Å². The van der Waals surface area contributed by atoms with E-state index in [1.165, 1.54) is 15.9 Å².